The van der Waals surface area contributed by atoms with Crippen LogP contribution in [0, 0.1) is 0 Å². The van der Waals surface area contributed by atoms with Gasteiger partial charge in [0.05, 0.1) is 27.5 Å². The van der Waals surface area contributed by atoms with Crippen molar-refractivity contribution < 1.29 is 14.4 Å². The fourth-order valence-corrected chi connectivity index (χ4v) is 7.04. The predicted molar refractivity (Wildman–Crippen MR) is 158 cm³/mol. The molecule has 0 spiro atoms. The maximum atomic E-state index is 14.1. The van der Waals surface area contributed by atoms with E-state index in [1.807, 2.05) is 30.3 Å². The number of nitrogens with zero attached hydrogens (tertiary/aromatic N) is 3. The van der Waals surface area contributed by atoms with Gasteiger partial charge in [-0.3, -0.25) is 14.4 Å². The van der Waals surface area contributed by atoms with Crippen molar-refractivity contribution in [3.8, 4) is 11.1 Å². The van der Waals surface area contributed by atoms with Crippen molar-refractivity contribution >= 4 is 44.7 Å². The van der Waals surface area contributed by atoms with Gasteiger partial charge in [0.1, 0.15) is 5.54 Å². The maximum Gasteiger partial charge on any atom is 0.262 e. The SMILES string of the molecule is C=CC(=O)N1CCCC(NC(=O)c2sc3c(N)ccc4c3c2C(N)C(=O)C4(N)c2cc(-c3ccccc3)cnn2)C1. The Morgan fingerprint density at radius 2 is 1.95 bits per heavy atom. The van der Waals surface area contributed by atoms with Gasteiger partial charge in [-0.1, -0.05) is 43.0 Å². The van der Waals surface area contributed by atoms with Gasteiger partial charge in [0.2, 0.25) is 5.91 Å². The number of Topliss-reactive ketones (excluding diaryl/α,β-unsaturated/α-hetero) is 1. The van der Waals surface area contributed by atoms with Crippen molar-refractivity contribution in [3.05, 3.63) is 89.1 Å². The Kier molecular flexibility index (Phi) is 6.65. The van der Waals surface area contributed by atoms with Crippen LogP contribution in [-0.2, 0) is 15.1 Å². The van der Waals surface area contributed by atoms with Crippen LogP contribution >= 0.6 is 11.3 Å². The second-order valence-electron chi connectivity index (χ2n) is 10.4. The molecule has 1 aliphatic carbocycles. The van der Waals surface area contributed by atoms with Crippen LogP contribution in [0.5, 0.6) is 0 Å². The zero-order chi connectivity index (χ0) is 28.9. The number of nitrogens with one attached hydrogen (secondary N) is 1. The molecule has 1 saturated heterocycles. The molecule has 0 bridgehead atoms. The molecule has 11 heteroatoms. The summed E-state index contributed by atoms with van der Waals surface area (Å²) in [4.78, 5) is 41.8. The third-order valence-electron chi connectivity index (χ3n) is 7.93. The van der Waals surface area contributed by atoms with Crippen LogP contribution in [0.2, 0.25) is 0 Å². The number of aromatic nitrogens is 2. The highest BCUT2D eigenvalue weighted by Crippen LogP contribution is 2.49. The van der Waals surface area contributed by atoms with E-state index >= 15 is 0 Å². The first-order chi connectivity index (χ1) is 19.7. The van der Waals surface area contributed by atoms with Crippen molar-refractivity contribution in [1.29, 1.82) is 0 Å². The quantitative estimate of drug-likeness (QED) is 0.211. The second-order valence-corrected chi connectivity index (χ2v) is 11.4. The van der Waals surface area contributed by atoms with E-state index in [0.717, 1.165) is 17.5 Å². The first-order valence-electron chi connectivity index (χ1n) is 13.3. The highest BCUT2D eigenvalue weighted by atomic mass is 32.1. The van der Waals surface area contributed by atoms with Crippen LogP contribution in [0.4, 0.5) is 5.69 Å². The third-order valence-corrected chi connectivity index (χ3v) is 9.18. The number of rotatable bonds is 5. The molecule has 10 nitrogen and oxygen atoms in total. The molecule has 3 atom stereocenters. The number of anilines is 1. The topological polar surface area (TPSA) is 170 Å². The molecule has 208 valence electrons. The average Bonchev–Trinajstić information content (AvgIpc) is 3.42. The van der Waals surface area contributed by atoms with Gasteiger partial charge in [0, 0.05) is 41.3 Å². The van der Waals surface area contributed by atoms with E-state index in [0.29, 0.717) is 51.3 Å². The number of thiophene rings is 1. The second kappa shape index (κ2) is 10.2. The summed E-state index contributed by atoms with van der Waals surface area (Å²) in [6.45, 7) is 4.54. The summed E-state index contributed by atoms with van der Waals surface area (Å²) in [5.41, 5.74) is 21.4. The summed E-state index contributed by atoms with van der Waals surface area (Å²) in [6.07, 6.45) is 4.35. The number of piperidine rings is 1. The molecule has 6 rings (SSSR count). The zero-order valence-electron chi connectivity index (χ0n) is 22.2. The molecule has 0 radical (unpaired) electrons. The Morgan fingerprint density at radius 3 is 2.71 bits per heavy atom. The van der Waals surface area contributed by atoms with Crippen molar-refractivity contribution in [2.45, 2.75) is 30.5 Å². The number of hydrogen-bond acceptors (Lipinski definition) is 9. The number of ketones is 1. The van der Waals surface area contributed by atoms with Crippen LogP contribution in [0.25, 0.3) is 21.2 Å². The molecule has 3 heterocycles. The number of carbonyl (C=O) groups is 3. The van der Waals surface area contributed by atoms with E-state index in [1.165, 1.54) is 17.4 Å². The van der Waals surface area contributed by atoms with Gasteiger partial charge in [-0.2, -0.15) is 10.2 Å². The predicted octanol–water partition coefficient (Wildman–Crippen LogP) is 2.63. The summed E-state index contributed by atoms with van der Waals surface area (Å²) in [6, 6.07) is 13.3. The van der Waals surface area contributed by atoms with E-state index in [1.54, 1.807) is 29.3 Å². The number of nitrogens with two attached hydrogens (primary N) is 3. The summed E-state index contributed by atoms with van der Waals surface area (Å²) in [5.74, 6) is -1.05. The highest BCUT2D eigenvalue weighted by Gasteiger charge is 2.50. The lowest BCUT2D eigenvalue weighted by Gasteiger charge is -2.35. The fourth-order valence-electron chi connectivity index (χ4n) is 5.84. The van der Waals surface area contributed by atoms with E-state index in [2.05, 4.69) is 22.1 Å². The van der Waals surface area contributed by atoms with Gasteiger partial charge in [-0.25, -0.2) is 0 Å². The largest absolute Gasteiger partial charge is 0.398 e. The van der Waals surface area contributed by atoms with Crippen LogP contribution in [-0.4, -0.2) is 51.8 Å². The average molecular weight is 568 g/mol. The molecule has 1 aliphatic heterocycles. The monoisotopic (exact) mass is 567 g/mol. The number of nitrogen functional groups attached to an aromatic ring is 1. The summed E-state index contributed by atoms with van der Waals surface area (Å²) >= 11 is 1.18. The molecule has 1 fully saturated rings. The minimum absolute atomic E-state index is 0.176. The number of benzene rings is 2. The highest BCUT2D eigenvalue weighted by molar-refractivity contribution is 7.21. The third kappa shape index (κ3) is 4.29. The van der Waals surface area contributed by atoms with Crippen molar-refractivity contribution in [1.82, 2.24) is 20.4 Å². The first kappa shape index (κ1) is 26.8. The first-order valence-corrected chi connectivity index (χ1v) is 14.1. The van der Waals surface area contributed by atoms with Crippen LogP contribution in [0.3, 0.4) is 0 Å². The summed E-state index contributed by atoms with van der Waals surface area (Å²) in [5, 5.41) is 12.1. The molecular weight excluding hydrogens is 538 g/mol. The van der Waals surface area contributed by atoms with Gasteiger partial charge >= 0.3 is 0 Å². The maximum absolute atomic E-state index is 14.1. The molecule has 2 amide bonds. The summed E-state index contributed by atoms with van der Waals surface area (Å²) in [7, 11) is 0. The Labute approximate surface area is 240 Å². The molecule has 0 saturated carbocycles. The summed E-state index contributed by atoms with van der Waals surface area (Å²) < 4.78 is 0.625. The molecular formula is C30H29N7O3S. The van der Waals surface area contributed by atoms with Gasteiger partial charge < -0.3 is 27.4 Å². The van der Waals surface area contributed by atoms with Gasteiger partial charge in [0.15, 0.2) is 5.78 Å². The molecule has 2 aliphatic rings. The van der Waals surface area contributed by atoms with E-state index in [4.69, 9.17) is 17.2 Å². The smallest absolute Gasteiger partial charge is 0.262 e. The lowest BCUT2D eigenvalue weighted by Crippen LogP contribution is -2.53. The van der Waals surface area contributed by atoms with Crippen molar-refractivity contribution in [2.24, 2.45) is 11.5 Å². The Hall–Kier alpha value is -4.45. The lowest BCUT2D eigenvalue weighted by molar-refractivity contribution is -0.127. The number of hydrogen-bond donors (Lipinski definition) is 4. The standard InChI is InChI=1S/C30H29N7O3S/c1-2-22(38)37-12-6-9-18(15-37)35-29(40)27-24-23-19(10-11-20(31)26(23)41-27)30(33,28(39)25(24)32)21-13-17(14-34-36-21)16-7-4-3-5-8-16/h2-5,7-8,10-11,13-14,18,25H,1,6,9,12,15,31-33H2,(H,35,40). The van der Waals surface area contributed by atoms with E-state index in [-0.39, 0.29) is 23.6 Å². The fraction of sp³-hybridized carbons (Fsp3) is 0.233. The number of amides is 2. The van der Waals surface area contributed by atoms with Crippen molar-refractivity contribution in [2.75, 3.05) is 18.8 Å². The molecule has 2 aromatic heterocycles. The molecule has 3 unspecified atom stereocenters. The van der Waals surface area contributed by atoms with Crippen LogP contribution in [0.1, 0.15) is 45.4 Å². The Bertz CT molecular complexity index is 1720. The number of likely N-dealkylation sites (tertiary alicyclic amines) is 1. The molecule has 7 N–H and O–H groups in total. The molecule has 2 aromatic carbocycles. The number of carbonyl (C=O) groups excluding carboxylic acids is 3. The lowest BCUT2D eigenvalue weighted by atomic mass is 9.72. The van der Waals surface area contributed by atoms with E-state index < -0.39 is 17.4 Å². The Balaban J connectivity index is 1.43. The molecule has 41 heavy (non-hydrogen) atoms. The van der Waals surface area contributed by atoms with Gasteiger partial charge in [-0.05, 0) is 42.2 Å². The minimum Gasteiger partial charge on any atom is -0.398 e. The van der Waals surface area contributed by atoms with Crippen LogP contribution < -0.4 is 22.5 Å². The van der Waals surface area contributed by atoms with E-state index in [9.17, 15) is 14.4 Å². The van der Waals surface area contributed by atoms with Crippen molar-refractivity contribution in [3.63, 3.8) is 0 Å². The Morgan fingerprint density at radius 1 is 1.17 bits per heavy atom. The minimum atomic E-state index is -1.71. The zero-order valence-corrected chi connectivity index (χ0v) is 23.0. The normalized spacial score (nSPS) is 22.0. The van der Waals surface area contributed by atoms with Crippen LogP contribution in [0.15, 0.2) is 67.4 Å². The van der Waals surface area contributed by atoms with Gasteiger partial charge in [0.25, 0.3) is 5.91 Å². The van der Waals surface area contributed by atoms with Gasteiger partial charge in [-0.15, -0.1) is 11.3 Å². The molecule has 4 aromatic rings.